The Labute approximate surface area is 95.0 Å². The van der Waals surface area contributed by atoms with Gasteiger partial charge >= 0.3 is 0 Å². The topological polar surface area (TPSA) is 26.0 Å². The molecule has 1 nitrogen and oxygen atoms in total. The van der Waals surface area contributed by atoms with Crippen molar-refractivity contribution in [3.05, 3.63) is 25.7 Å². The monoisotopic (exact) mass is 339 g/mol. The van der Waals surface area contributed by atoms with Crippen LogP contribution in [-0.4, -0.2) is 0 Å². The molecule has 0 heterocycles. The minimum atomic E-state index is 0.536. The smallest absolute Gasteiger partial charge is 0.0461 e. The third-order valence-electron chi connectivity index (χ3n) is 1.74. The zero-order valence-corrected chi connectivity index (χ0v) is 10.8. The summed E-state index contributed by atoms with van der Waals surface area (Å²) in [6.45, 7) is 4.35. The summed E-state index contributed by atoms with van der Waals surface area (Å²) in [6, 6.07) is 4.10. The van der Waals surface area contributed by atoms with Gasteiger partial charge in [0.15, 0.2) is 0 Å². The molecule has 0 bridgehead atoms. The van der Waals surface area contributed by atoms with Gasteiger partial charge in [-0.25, -0.2) is 0 Å². The van der Waals surface area contributed by atoms with Crippen molar-refractivity contribution in [3.63, 3.8) is 0 Å². The zero-order valence-electron chi connectivity index (χ0n) is 7.07. The molecule has 0 spiro atoms. The van der Waals surface area contributed by atoms with Crippen LogP contribution in [-0.2, 0) is 0 Å². The molecule has 1 aromatic rings. The number of halogens is 2. The molecular formula is C9H11BrIN. The van der Waals surface area contributed by atoms with Crippen molar-refractivity contribution in [2.75, 3.05) is 5.73 Å². The van der Waals surface area contributed by atoms with Crippen LogP contribution in [0.4, 0.5) is 5.69 Å². The molecule has 0 amide bonds. The van der Waals surface area contributed by atoms with Crippen LogP contribution in [0.1, 0.15) is 25.3 Å². The average Bonchev–Trinajstić information content (AvgIpc) is 1.96. The Balaban J connectivity index is 3.23. The second-order valence-corrected chi connectivity index (χ2v) is 5.07. The number of hydrogen-bond donors (Lipinski definition) is 1. The summed E-state index contributed by atoms with van der Waals surface area (Å²) in [7, 11) is 0. The first-order valence-corrected chi connectivity index (χ1v) is 5.64. The van der Waals surface area contributed by atoms with Gasteiger partial charge in [0.2, 0.25) is 0 Å². The lowest BCUT2D eigenvalue weighted by molar-refractivity contribution is 0.860. The number of anilines is 1. The van der Waals surface area contributed by atoms with Crippen molar-refractivity contribution < 1.29 is 0 Å². The van der Waals surface area contributed by atoms with Crippen LogP contribution < -0.4 is 5.73 Å². The highest BCUT2D eigenvalue weighted by Gasteiger charge is 2.07. The van der Waals surface area contributed by atoms with Gasteiger partial charge in [-0.15, -0.1) is 0 Å². The summed E-state index contributed by atoms with van der Waals surface area (Å²) < 4.78 is 2.23. The highest BCUT2D eigenvalue weighted by molar-refractivity contribution is 14.1. The SMILES string of the molecule is CC(C)c1cc(I)c(N)cc1Br. The molecule has 12 heavy (non-hydrogen) atoms. The quantitative estimate of drug-likeness (QED) is 0.612. The van der Waals surface area contributed by atoms with E-state index in [4.69, 9.17) is 5.73 Å². The predicted octanol–water partition coefficient (Wildman–Crippen LogP) is 3.76. The van der Waals surface area contributed by atoms with Crippen LogP contribution in [0, 0.1) is 3.57 Å². The average molecular weight is 340 g/mol. The Morgan fingerprint density at radius 3 is 2.50 bits per heavy atom. The molecule has 0 fully saturated rings. The fourth-order valence-electron chi connectivity index (χ4n) is 1.02. The van der Waals surface area contributed by atoms with Gasteiger partial charge in [-0.3, -0.25) is 0 Å². The van der Waals surface area contributed by atoms with E-state index in [1.54, 1.807) is 0 Å². The van der Waals surface area contributed by atoms with Gasteiger partial charge in [-0.2, -0.15) is 0 Å². The molecule has 0 atom stereocenters. The van der Waals surface area contributed by atoms with Gasteiger partial charge < -0.3 is 5.73 Å². The van der Waals surface area contributed by atoms with Gasteiger partial charge in [-0.1, -0.05) is 29.8 Å². The van der Waals surface area contributed by atoms with E-state index in [-0.39, 0.29) is 0 Å². The molecule has 0 aromatic heterocycles. The van der Waals surface area contributed by atoms with Crippen LogP contribution in [0.3, 0.4) is 0 Å². The van der Waals surface area contributed by atoms with E-state index in [2.05, 4.69) is 58.4 Å². The number of nitrogens with two attached hydrogens (primary N) is 1. The van der Waals surface area contributed by atoms with Crippen molar-refractivity contribution in [2.45, 2.75) is 19.8 Å². The van der Waals surface area contributed by atoms with E-state index in [1.807, 2.05) is 6.07 Å². The van der Waals surface area contributed by atoms with Crippen molar-refractivity contribution in [2.24, 2.45) is 0 Å². The Morgan fingerprint density at radius 1 is 1.42 bits per heavy atom. The van der Waals surface area contributed by atoms with E-state index in [0.717, 1.165) is 13.7 Å². The van der Waals surface area contributed by atoms with Gasteiger partial charge in [0.1, 0.15) is 0 Å². The molecule has 0 radical (unpaired) electrons. The van der Waals surface area contributed by atoms with Gasteiger partial charge in [0.25, 0.3) is 0 Å². The zero-order chi connectivity index (χ0) is 9.30. The summed E-state index contributed by atoms with van der Waals surface area (Å²) >= 11 is 5.75. The Hall–Kier alpha value is 0.230. The van der Waals surface area contributed by atoms with Crippen LogP contribution >= 0.6 is 38.5 Å². The molecule has 3 heteroatoms. The third-order valence-corrected chi connectivity index (χ3v) is 3.36. The van der Waals surface area contributed by atoms with E-state index < -0.39 is 0 Å². The number of benzene rings is 1. The molecule has 0 aliphatic carbocycles. The number of nitrogen functional groups attached to an aromatic ring is 1. The first-order valence-electron chi connectivity index (χ1n) is 3.76. The molecule has 1 aromatic carbocycles. The summed E-state index contributed by atoms with van der Waals surface area (Å²) in [5.41, 5.74) is 7.91. The molecular weight excluding hydrogens is 329 g/mol. The van der Waals surface area contributed by atoms with E-state index >= 15 is 0 Å². The lowest BCUT2D eigenvalue weighted by Gasteiger charge is -2.10. The van der Waals surface area contributed by atoms with Gasteiger partial charge in [0.05, 0.1) is 0 Å². The maximum Gasteiger partial charge on any atom is 0.0461 e. The van der Waals surface area contributed by atoms with Crippen LogP contribution in [0.25, 0.3) is 0 Å². The standard InChI is InChI=1S/C9H11BrIN/c1-5(2)6-3-8(11)9(12)4-7(6)10/h3-5H,12H2,1-2H3. The Morgan fingerprint density at radius 2 is 2.00 bits per heavy atom. The lowest BCUT2D eigenvalue weighted by atomic mass is 10.0. The van der Waals surface area contributed by atoms with Crippen molar-refractivity contribution in [1.82, 2.24) is 0 Å². The number of hydrogen-bond acceptors (Lipinski definition) is 1. The van der Waals surface area contributed by atoms with Crippen molar-refractivity contribution in [1.29, 1.82) is 0 Å². The van der Waals surface area contributed by atoms with E-state index in [9.17, 15) is 0 Å². The van der Waals surface area contributed by atoms with Gasteiger partial charge in [0, 0.05) is 13.7 Å². The largest absolute Gasteiger partial charge is 0.398 e. The maximum atomic E-state index is 5.75. The van der Waals surface area contributed by atoms with Gasteiger partial charge in [-0.05, 0) is 46.2 Å². The fourth-order valence-corrected chi connectivity index (χ4v) is 2.33. The summed E-state index contributed by atoms with van der Waals surface area (Å²) in [5, 5.41) is 0. The van der Waals surface area contributed by atoms with Crippen molar-refractivity contribution in [3.8, 4) is 0 Å². The maximum absolute atomic E-state index is 5.75. The van der Waals surface area contributed by atoms with Crippen LogP contribution in [0.15, 0.2) is 16.6 Å². The highest BCUT2D eigenvalue weighted by Crippen LogP contribution is 2.29. The second kappa shape index (κ2) is 3.96. The van der Waals surface area contributed by atoms with Crippen LogP contribution in [0.5, 0.6) is 0 Å². The minimum absolute atomic E-state index is 0.536. The Bertz CT molecular complexity index is 297. The van der Waals surface area contributed by atoms with E-state index in [1.165, 1.54) is 5.56 Å². The molecule has 0 aliphatic heterocycles. The Kier molecular flexibility index (Phi) is 3.40. The summed E-state index contributed by atoms with van der Waals surface area (Å²) in [6.07, 6.45) is 0. The molecule has 0 aliphatic rings. The molecule has 2 N–H and O–H groups in total. The summed E-state index contributed by atoms with van der Waals surface area (Å²) in [5.74, 6) is 0.536. The fraction of sp³-hybridized carbons (Fsp3) is 0.333. The summed E-state index contributed by atoms with van der Waals surface area (Å²) in [4.78, 5) is 0. The first-order chi connectivity index (χ1) is 5.52. The van der Waals surface area contributed by atoms with E-state index in [0.29, 0.717) is 5.92 Å². The predicted molar refractivity (Wildman–Crippen MR) is 65.4 cm³/mol. The molecule has 0 saturated heterocycles. The third kappa shape index (κ3) is 2.13. The van der Waals surface area contributed by atoms with Crippen LogP contribution in [0.2, 0.25) is 0 Å². The minimum Gasteiger partial charge on any atom is -0.398 e. The number of rotatable bonds is 1. The molecule has 0 saturated carbocycles. The highest BCUT2D eigenvalue weighted by atomic mass is 127. The first kappa shape index (κ1) is 10.3. The lowest BCUT2D eigenvalue weighted by Crippen LogP contribution is -1.95. The normalized spacial score (nSPS) is 10.8. The second-order valence-electron chi connectivity index (χ2n) is 3.05. The molecule has 0 unspecified atom stereocenters. The molecule has 66 valence electrons. The van der Waals surface area contributed by atoms with Crippen molar-refractivity contribution >= 4 is 44.2 Å². The molecule has 1 rings (SSSR count).